The molecule has 0 aliphatic carbocycles. The van der Waals surface area contributed by atoms with Crippen LogP contribution in [-0.2, 0) is 47.4 Å². The molecule has 0 bridgehead atoms. The van der Waals surface area contributed by atoms with Crippen molar-refractivity contribution in [1.82, 2.24) is 34.6 Å². The first-order chi connectivity index (χ1) is 29.8. The molecule has 4 unspecified atom stereocenters. The molecule has 1 aromatic rings. The van der Waals surface area contributed by atoms with Crippen LogP contribution in [0.3, 0.4) is 0 Å². The van der Waals surface area contributed by atoms with Gasteiger partial charge in [0, 0.05) is 55.4 Å². The SMILES string of the molecule is CCCCOCN1C(=O)N(COCCCC)C2C1N(COCCCC)C(=O)N2COC(CCC)COCC(COC)c1nc(N(COC)COC)nc(N(COC)COC)n1. The number of fused-ring (bicyclic) bond motifs is 1. The molecule has 4 amide bonds. The predicted octanol–water partition coefficient (Wildman–Crippen LogP) is 4.24. The van der Waals surface area contributed by atoms with Crippen LogP contribution >= 0.6 is 0 Å². The van der Waals surface area contributed by atoms with Gasteiger partial charge >= 0.3 is 12.1 Å². The summed E-state index contributed by atoms with van der Waals surface area (Å²) < 4.78 is 58.0. The number of methoxy groups -OCH3 is 5. The van der Waals surface area contributed by atoms with E-state index in [1.54, 1.807) is 64.9 Å². The van der Waals surface area contributed by atoms with E-state index in [9.17, 15) is 9.59 Å². The molecule has 21 nitrogen and oxygen atoms in total. The number of ether oxygens (including phenoxy) is 10. The minimum atomic E-state index is -0.695. The Kier molecular flexibility index (Phi) is 25.6. The van der Waals surface area contributed by atoms with Gasteiger partial charge in [0.2, 0.25) is 11.9 Å². The van der Waals surface area contributed by atoms with Crippen molar-refractivity contribution in [3.8, 4) is 0 Å². The molecule has 3 heterocycles. The maximum absolute atomic E-state index is 14.3. The quantitative estimate of drug-likeness (QED) is 0.0683. The Balaban J connectivity index is 1.85. The summed E-state index contributed by atoms with van der Waals surface area (Å²) in [4.78, 5) is 52.5. The number of amides is 4. The second-order valence-electron chi connectivity index (χ2n) is 14.9. The Labute approximate surface area is 363 Å². The minimum absolute atomic E-state index is 0.0199. The summed E-state index contributed by atoms with van der Waals surface area (Å²) in [5.41, 5.74) is 0. The fraction of sp³-hybridized carbons (Fsp3) is 0.875. The molecule has 0 saturated carbocycles. The first-order valence-corrected chi connectivity index (χ1v) is 21.6. The monoisotopic (exact) mass is 874 g/mol. The first kappa shape index (κ1) is 52.1. The van der Waals surface area contributed by atoms with Crippen LogP contribution in [0.15, 0.2) is 0 Å². The van der Waals surface area contributed by atoms with Crippen LogP contribution in [0.2, 0.25) is 0 Å². The van der Waals surface area contributed by atoms with Crippen LogP contribution in [0, 0.1) is 0 Å². The van der Waals surface area contributed by atoms with Crippen LogP contribution in [-0.4, -0.2) is 194 Å². The highest BCUT2D eigenvalue weighted by atomic mass is 16.5. The topological polar surface area (TPSA) is 185 Å². The zero-order chi connectivity index (χ0) is 44.4. The highest BCUT2D eigenvalue weighted by Crippen LogP contribution is 2.35. The number of nitrogens with zero attached hydrogens (tertiary/aromatic N) is 9. The highest BCUT2D eigenvalue weighted by Gasteiger charge is 2.59. The van der Waals surface area contributed by atoms with E-state index in [0.29, 0.717) is 44.0 Å². The lowest BCUT2D eigenvalue weighted by Gasteiger charge is -2.30. The molecule has 2 aliphatic rings. The van der Waals surface area contributed by atoms with Crippen molar-refractivity contribution in [3.05, 3.63) is 5.82 Å². The molecule has 1 aromatic heterocycles. The number of anilines is 2. The minimum Gasteiger partial charge on any atom is -0.384 e. The summed E-state index contributed by atoms with van der Waals surface area (Å²) in [6.45, 7) is 11.1. The average molecular weight is 874 g/mol. The molecular formula is C40H75N9O12. The molecule has 0 N–H and O–H groups in total. The van der Waals surface area contributed by atoms with E-state index in [0.717, 1.165) is 44.9 Å². The van der Waals surface area contributed by atoms with Gasteiger partial charge in [0.05, 0.1) is 31.8 Å². The van der Waals surface area contributed by atoms with E-state index < -0.39 is 24.4 Å². The van der Waals surface area contributed by atoms with Crippen LogP contribution in [0.4, 0.5) is 21.5 Å². The Morgan fingerprint density at radius 2 is 0.951 bits per heavy atom. The van der Waals surface area contributed by atoms with Gasteiger partial charge in [-0.3, -0.25) is 29.4 Å². The van der Waals surface area contributed by atoms with E-state index in [4.69, 9.17) is 57.3 Å². The van der Waals surface area contributed by atoms with Gasteiger partial charge in [0.1, 0.15) is 59.7 Å². The van der Waals surface area contributed by atoms with Gasteiger partial charge in [-0.05, 0) is 25.7 Å². The van der Waals surface area contributed by atoms with Gasteiger partial charge < -0.3 is 47.4 Å². The number of carbonyl (C=O) groups excluding carboxylic acids is 2. The fourth-order valence-electron chi connectivity index (χ4n) is 6.74. The molecular weight excluding hydrogens is 798 g/mol. The Morgan fingerprint density at radius 1 is 0.525 bits per heavy atom. The summed E-state index contributed by atoms with van der Waals surface area (Å²) in [5, 5.41) is 0. The van der Waals surface area contributed by atoms with Crippen molar-refractivity contribution in [2.45, 2.75) is 103 Å². The van der Waals surface area contributed by atoms with Gasteiger partial charge in [-0.15, -0.1) is 0 Å². The van der Waals surface area contributed by atoms with Crippen LogP contribution in [0.1, 0.15) is 90.8 Å². The number of unbranched alkanes of at least 4 members (excludes halogenated alkanes) is 3. The highest BCUT2D eigenvalue weighted by molar-refractivity contribution is 5.85. The summed E-state index contributed by atoms with van der Waals surface area (Å²) in [6.07, 6.45) is 5.12. The summed E-state index contributed by atoms with van der Waals surface area (Å²) in [5.74, 6) is 0.669. The van der Waals surface area contributed by atoms with E-state index in [1.807, 2.05) is 0 Å². The number of hydrogen-bond donors (Lipinski definition) is 0. The molecule has 0 radical (unpaired) electrons. The molecule has 0 spiro atoms. The lowest BCUT2D eigenvalue weighted by atomic mass is 10.1. The van der Waals surface area contributed by atoms with Crippen molar-refractivity contribution < 1.29 is 57.0 Å². The van der Waals surface area contributed by atoms with E-state index in [-0.39, 0.29) is 85.7 Å². The zero-order valence-corrected chi connectivity index (χ0v) is 38.3. The van der Waals surface area contributed by atoms with Crippen LogP contribution in [0.5, 0.6) is 0 Å². The molecule has 3 rings (SSSR count). The molecule has 2 saturated heterocycles. The molecule has 0 aromatic carbocycles. The number of urea groups is 2. The largest absolute Gasteiger partial charge is 0.384 e. The molecule has 21 heteroatoms. The van der Waals surface area contributed by atoms with Gasteiger partial charge in [-0.1, -0.05) is 53.4 Å². The van der Waals surface area contributed by atoms with E-state index >= 15 is 0 Å². The number of hydrogen-bond acceptors (Lipinski definition) is 17. The van der Waals surface area contributed by atoms with Gasteiger partial charge in [-0.25, -0.2) is 9.59 Å². The smallest absolute Gasteiger partial charge is 0.327 e. The molecule has 2 aliphatic heterocycles. The fourth-order valence-corrected chi connectivity index (χ4v) is 6.74. The lowest BCUT2D eigenvalue weighted by Crippen LogP contribution is -2.49. The first-order valence-electron chi connectivity index (χ1n) is 21.6. The van der Waals surface area contributed by atoms with Crippen molar-refractivity contribution in [2.75, 3.05) is 139 Å². The van der Waals surface area contributed by atoms with E-state index in [1.165, 1.54) is 0 Å². The zero-order valence-electron chi connectivity index (χ0n) is 38.3. The van der Waals surface area contributed by atoms with Crippen LogP contribution < -0.4 is 9.80 Å². The van der Waals surface area contributed by atoms with Gasteiger partial charge in [0.15, 0.2) is 12.3 Å². The molecule has 4 atom stereocenters. The third kappa shape index (κ3) is 15.8. The maximum atomic E-state index is 14.3. The van der Waals surface area contributed by atoms with Crippen molar-refractivity contribution in [1.29, 1.82) is 0 Å². The molecule has 352 valence electrons. The van der Waals surface area contributed by atoms with Gasteiger partial charge in [-0.2, -0.15) is 15.0 Å². The van der Waals surface area contributed by atoms with Crippen molar-refractivity contribution in [3.63, 3.8) is 0 Å². The number of aromatic nitrogens is 3. The third-order valence-electron chi connectivity index (χ3n) is 9.89. The van der Waals surface area contributed by atoms with Crippen LogP contribution in [0.25, 0.3) is 0 Å². The number of carbonyl (C=O) groups is 2. The third-order valence-corrected chi connectivity index (χ3v) is 9.89. The van der Waals surface area contributed by atoms with Crippen molar-refractivity contribution in [2.24, 2.45) is 0 Å². The average Bonchev–Trinajstić information content (AvgIpc) is 3.68. The number of rotatable bonds is 37. The summed E-state index contributed by atoms with van der Waals surface area (Å²) in [6, 6.07) is -0.581. The predicted molar refractivity (Wildman–Crippen MR) is 225 cm³/mol. The lowest BCUT2D eigenvalue weighted by molar-refractivity contribution is -0.0784. The normalized spacial score (nSPS) is 17.5. The van der Waals surface area contributed by atoms with E-state index in [2.05, 4.69) is 32.7 Å². The molecule has 61 heavy (non-hydrogen) atoms. The Bertz CT molecular complexity index is 1300. The maximum Gasteiger partial charge on any atom is 0.327 e. The Hall–Kier alpha value is -3.25. The van der Waals surface area contributed by atoms with Crippen molar-refractivity contribution >= 4 is 24.0 Å². The second-order valence-corrected chi connectivity index (χ2v) is 14.9. The summed E-state index contributed by atoms with van der Waals surface area (Å²) in [7, 11) is 7.91. The molecule has 2 fully saturated rings. The summed E-state index contributed by atoms with van der Waals surface area (Å²) >= 11 is 0. The standard InChI is InChI=1S/C40H75N9O12/c1-10-14-18-57-28-46-35-36(48(39(46)50)30-59-20-16-12-3)49(40(51)47(35)29-58-19-15-11-2)31-61-33(17-13-4)23-60-22-32(21-52-5)34-41-37(44(24-53-6)25-54-7)43-38(42-34)45(26-55-8)27-56-9/h32-33,35-36H,10-31H2,1-9H3. The Morgan fingerprint density at radius 3 is 1.33 bits per heavy atom. The van der Waals surface area contributed by atoms with Gasteiger partial charge in [0.25, 0.3) is 0 Å². The second kappa shape index (κ2) is 29.9.